The molecule has 1 aliphatic rings. The Morgan fingerprint density at radius 1 is 1.31 bits per heavy atom. The molecule has 4 rings (SSSR count). The van der Waals surface area contributed by atoms with E-state index in [4.69, 9.17) is 9.47 Å². The summed E-state index contributed by atoms with van der Waals surface area (Å²) in [6, 6.07) is 5.31. The Bertz CT molecular complexity index is 1070. The maximum atomic E-state index is 13.2. The van der Waals surface area contributed by atoms with Gasteiger partial charge in [-0.1, -0.05) is 0 Å². The summed E-state index contributed by atoms with van der Waals surface area (Å²) in [4.78, 5) is 18.6. The molecule has 0 saturated carbocycles. The van der Waals surface area contributed by atoms with Crippen LogP contribution in [0.5, 0.6) is 5.75 Å². The molecule has 0 bridgehead atoms. The molecule has 2 aromatic heterocycles. The molecule has 1 aliphatic heterocycles. The van der Waals surface area contributed by atoms with E-state index < -0.39 is 11.6 Å². The van der Waals surface area contributed by atoms with Crippen LogP contribution in [0.15, 0.2) is 36.7 Å². The number of ether oxygens (including phenoxy) is 2. The van der Waals surface area contributed by atoms with Gasteiger partial charge in [-0.15, -0.1) is 0 Å². The molecule has 0 aliphatic carbocycles. The van der Waals surface area contributed by atoms with Crippen molar-refractivity contribution in [1.82, 2.24) is 24.6 Å². The lowest BCUT2D eigenvalue weighted by atomic mass is 10.1. The van der Waals surface area contributed by atoms with E-state index in [0.717, 1.165) is 29.3 Å². The number of halogens is 2. The van der Waals surface area contributed by atoms with Gasteiger partial charge in [-0.25, -0.2) is 13.8 Å². The van der Waals surface area contributed by atoms with E-state index in [9.17, 15) is 13.6 Å². The van der Waals surface area contributed by atoms with Crippen molar-refractivity contribution in [2.24, 2.45) is 0 Å². The third-order valence-electron chi connectivity index (χ3n) is 5.42. The van der Waals surface area contributed by atoms with Crippen molar-refractivity contribution in [3.63, 3.8) is 0 Å². The van der Waals surface area contributed by atoms with Crippen molar-refractivity contribution in [2.75, 3.05) is 26.3 Å². The van der Waals surface area contributed by atoms with E-state index in [1.54, 1.807) is 11.1 Å². The number of hydrogen-bond acceptors (Lipinski definition) is 5. The van der Waals surface area contributed by atoms with E-state index >= 15 is 0 Å². The number of benzene rings is 1. The zero-order valence-electron chi connectivity index (χ0n) is 17.8. The third-order valence-corrected chi connectivity index (χ3v) is 5.42. The number of carbonyl (C=O) groups excluding carboxylic acids is 1. The minimum absolute atomic E-state index is 0.0714. The summed E-state index contributed by atoms with van der Waals surface area (Å²) in [5.41, 5.74) is 1.54. The molecule has 3 heterocycles. The summed E-state index contributed by atoms with van der Waals surface area (Å²) >= 11 is 0. The van der Waals surface area contributed by atoms with E-state index in [0.29, 0.717) is 39.1 Å². The van der Waals surface area contributed by atoms with Crippen LogP contribution >= 0.6 is 0 Å². The fraction of sp³-hybridized carbons (Fsp3) is 0.409. The molecule has 8 nitrogen and oxygen atoms in total. The van der Waals surface area contributed by atoms with Gasteiger partial charge in [0.15, 0.2) is 11.6 Å². The number of aromatic amines is 1. The number of imidazole rings is 1. The Morgan fingerprint density at radius 3 is 2.97 bits per heavy atom. The van der Waals surface area contributed by atoms with Gasteiger partial charge in [-0.3, -0.25) is 9.89 Å². The van der Waals surface area contributed by atoms with E-state index in [-0.39, 0.29) is 24.4 Å². The molecule has 1 saturated heterocycles. The van der Waals surface area contributed by atoms with Crippen LogP contribution in [0.1, 0.15) is 29.7 Å². The Balaban J connectivity index is 1.27. The fourth-order valence-electron chi connectivity index (χ4n) is 3.59. The molecular weight excluding hydrogens is 420 g/mol. The zero-order valence-corrected chi connectivity index (χ0v) is 17.8. The van der Waals surface area contributed by atoms with E-state index in [2.05, 4.69) is 15.2 Å². The highest BCUT2D eigenvalue weighted by atomic mass is 19.2. The lowest BCUT2D eigenvalue weighted by molar-refractivity contribution is -0.139. The fourth-order valence-corrected chi connectivity index (χ4v) is 3.59. The van der Waals surface area contributed by atoms with Gasteiger partial charge in [0.2, 0.25) is 5.91 Å². The monoisotopic (exact) mass is 445 g/mol. The second-order valence-corrected chi connectivity index (χ2v) is 7.61. The lowest BCUT2D eigenvalue weighted by Gasteiger charge is -2.32. The number of rotatable bonds is 8. The summed E-state index contributed by atoms with van der Waals surface area (Å²) in [6.07, 6.45) is 4.19. The summed E-state index contributed by atoms with van der Waals surface area (Å²) in [7, 11) is 0. The number of morpholine rings is 1. The van der Waals surface area contributed by atoms with Gasteiger partial charge in [0.25, 0.3) is 0 Å². The molecule has 1 atom stereocenters. The first-order valence-corrected chi connectivity index (χ1v) is 10.5. The maximum absolute atomic E-state index is 13.2. The summed E-state index contributed by atoms with van der Waals surface area (Å²) in [5.74, 6) is -0.635. The highest BCUT2D eigenvalue weighted by Gasteiger charge is 2.27. The minimum atomic E-state index is -0.944. The third kappa shape index (κ3) is 5.31. The molecular formula is C22H25F2N5O3. The quantitative estimate of drug-likeness (QED) is 0.576. The molecule has 170 valence electrons. The van der Waals surface area contributed by atoms with Gasteiger partial charge in [-0.05, 0) is 25.1 Å². The summed E-state index contributed by atoms with van der Waals surface area (Å²) in [6.45, 7) is 4.22. The molecule has 1 fully saturated rings. The highest BCUT2D eigenvalue weighted by molar-refractivity contribution is 5.76. The molecule has 1 aromatic carbocycles. The topological polar surface area (TPSA) is 85.3 Å². The smallest absolute Gasteiger partial charge is 0.224 e. The molecule has 32 heavy (non-hydrogen) atoms. The lowest BCUT2D eigenvalue weighted by Crippen LogP contribution is -2.42. The van der Waals surface area contributed by atoms with Crippen molar-refractivity contribution in [3.8, 4) is 5.75 Å². The van der Waals surface area contributed by atoms with Crippen molar-refractivity contribution < 1.29 is 23.0 Å². The van der Waals surface area contributed by atoms with Crippen LogP contribution in [0, 0.1) is 18.6 Å². The number of amides is 1. The van der Waals surface area contributed by atoms with Gasteiger partial charge < -0.3 is 18.9 Å². The largest absolute Gasteiger partial charge is 0.493 e. The Kier molecular flexibility index (Phi) is 6.79. The second kappa shape index (κ2) is 9.90. The summed E-state index contributed by atoms with van der Waals surface area (Å²) in [5, 5.41) is 7.26. The molecule has 3 aromatic rings. The highest BCUT2D eigenvalue weighted by Crippen LogP contribution is 2.22. The first kappa shape index (κ1) is 21.9. The molecule has 0 radical (unpaired) electrons. The predicted octanol–water partition coefficient (Wildman–Crippen LogP) is 2.80. The Hall–Kier alpha value is -3.27. The first-order valence-electron chi connectivity index (χ1n) is 10.5. The number of nitrogens with zero attached hydrogens (tertiary/aromatic N) is 4. The van der Waals surface area contributed by atoms with Crippen LogP contribution in [0.25, 0.3) is 0 Å². The van der Waals surface area contributed by atoms with Gasteiger partial charge in [0, 0.05) is 50.1 Å². The van der Waals surface area contributed by atoms with Crippen molar-refractivity contribution in [1.29, 1.82) is 0 Å². The Morgan fingerprint density at radius 2 is 2.19 bits per heavy atom. The number of nitrogens with one attached hydrogen (secondary N) is 1. The molecule has 1 amide bonds. The Labute approximate surface area is 184 Å². The zero-order chi connectivity index (χ0) is 22.5. The number of aryl methyl sites for hydroxylation is 2. The van der Waals surface area contributed by atoms with Crippen LogP contribution in [0.4, 0.5) is 8.78 Å². The van der Waals surface area contributed by atoms with Crippen LogP contribution in [0.3, 0.4) is 0 Å². The average Bonchev–Trinajstić information content (AvgIpc) is 3.43. The van der Waals surface area contributed by atoms with E-state index in [1.807, 2.05) is 23.8 Å². The molecule has 1 N–H and O–H groups in total. The SMILES string of the molecule is Cc1nccn1CCC(=O)N1CCOC(c2cc(CCOc3ccc(F)c(F)c3)[nH]n2)C1. The van der Waals surface area contributed by atoms with Crippen molar-refractivity contribution in [2.45, 2.75) is 32.4 Å². The first-order chi connectivity index (χ1) is 15.5. The molecule has 10 heteroatoms. The normalized spacial score (nSPS) is 16.3. The second-order valence-electron chi connectivity index (χ2n) is 7.61. The molecule has 1 unspecified atom stereocenters. The predicted molar refractivity (Wildman–Crippen MR) is 111 cm³/mol. The van der Waals surface area contributed by atoms with Crippen LogP contribution in [-0.2, 0) is 22.5 Å². The standard InChI is InChI=1S/C22H25F2N5O3/c1-15-25-6-8-28(15)7-4-22(30)29-9-11-32-21(14-29)20-12-16(26-27-20)5-10-31-17-2-3-18(23)19(24)13-17/h2-3,6,8,12-13,21H,4-5,7,9-11,14H2,1H3,(H,26,27). The van der Waals surface area contributed by atoms with Gasteiger partial charge in [0.05, 0.1) is 25.5 Å². The van der Waals surface area contributed by atoms with Gasteiger partial charge in [-0.2, -0.15) is 5.10 Å². The van der Waals surface area contributed by atoms with Crippen molar-refractivity contribution >= 4 is 5.91 Å². The number of carbonyl (C=O) groups is 1. The number of hydrogen-bond donors (Lipinski definition) is 1. The van der Waals surface area contributed by atoms with Crippen LogP contribution < -0.4 is 4.74 Å². The van der Waals surface area contributed by atoms with Gasteiger partial charge >= 0.3 is 0 Å². The maximum Gasteiger partial charge on any atom is 0.224 e. The number of H-pyrrole nitrogens is 1. The summed E-state index contributed by atoms with van der Waals surface area (Å²) < 4.78 is 39.5. The average molecular weight is 445 g/mol. The minimum Gasteiger partial charge on any atom is -0.493 e. The van der Waals surface area contributed by atoms with Gasteiger partial charge in [0.1, 0.15) is 17.7 Å². The van der Waals surface area contributed by atoms with Crippen LogP contribution in [0.2, 0.25) is 0 Å². The van der Waals surface area contributed by atoms with Crippen molar-refractivity contribution in [3.05, 3.63) is 65.5 Å². The van der Waals surface area contributed by atoms with E-state index in [1.165, 1.54) is 6.07 Å². The number of aromatic nitrogens is 4. The van der Waals surface area contributed by atoms with Crippen LogP contribution in [-0.4, -0.2) is 56.9 Å². The molecule has 0 spiro atoms.